The van der Waals surface area contributed by atoms with Gasteiger partial charge in [-0.2, -0.15) is 0 Å². The Morgan fingerprint density at radius 3 is 2.85 bits per heavy atom. The molecule has 104 valence electrons. The van der Waals surface area contributed by atoms with Crippen LogP contribution in [0.25, 0.3) is 0 Å². The number of ether oxygens (including phenoxy) is 1. The van der Waals surface area contributed by atoms with E-state index in [0.29, 0.717) is 6.04 Å². The molecule has 1 unspecified atom stereocenters. The maximum atomic E-state index is 5.20. The Labute approximate surface area is 124 Å². The molecule has 0 saturated carbocycles. The minimum atomic E-state index is 0.403. The first-order valence-electron chi connectivity index (χ1n) is 6.93. The van der Waals surface area contributed by atoms with E-state index in [0.717, 1.165) is 18.8 Å². The Morgan fingerprint density at radius 2 is 1.95 bits per heavy atom. The summed E-state index contributed by atoms with van der Waals surface area (Å²) in [6.07, 6.45) is 0.946. The molecule has 0 spiro atoms. The Hall–Kier alpha value is -1.45. The van der Waals surface area contributed by atoms with Gasteiger partial charge >= 0.3 is 0 Å². The lowest BCUT2D eigenvalue weighted by Gasteiger charge is -2.18. The van der Waals surface area contributed by atoms with Gasteiger partial charge in [-0.1, -0.05) is 36.4 Å². The molecule has 2 aromatic rings. The van der Waals surface area contributed by atoms with Crippen molar-refractivity contribution in [2.75, 3.05) is 24.8 Å². The zero-order chi connectivity index (χ0) is 13.8. The van der Waals surface area contributed by atoms with Crippen LogP contribution in [0.3, 0.4) is 0 Å². The maximum absolute atomic E-state index is 5.20. The van der Waals surface area contributed by atoms with E-state index < -0.39 is 0 Å². The van der Waals surface area contributed by atoms with Gasteiger partial charge in [0, 0.05) is 23.4 Å². The molecule has 0 amide bonds. The summed E-state index contributed by atoms with van der Waals surface area (Å²) in [6.45, 7) is 0.759. The monoisotopic (exact) mass is 285 g/mol. The van der Waals surface area contributed by atoms with Crippen LogP contribution >= 0.6 is 11.8 Å². The standard InChI is InChI=1S/C17H19NOS/c1-19-11-10-13-6-2-4-8-15(13)18-16-12-20-17-9-5-3-7-14(16)17/h2-9,16,18H,10-12H2,1H3. The number of benzene rings is 2. The Bertz CT molecular complexity index is 585. The molecule has 0 fully saturated rings. The summed E-state index contributed by atoms with van der Waals surface area (Å²) in [5, 5.41) is 3.70. The van der Waals surface area contributed by atoms with E-state index in [2.05, 4.69) is 53.8 Å². The fourth-order valence-electron chi connectivity index (χ4n) is 2.56. The van der Waals surface area contributed by atoms with E-state index in [9.17, 15) is 0 Å². The van der Waals surface area contributed by atoms with Crippen molar-refractivity contribution in [1.82, 2.24) is 0 Å². The van der Waals surface area contributed by atoms with Crippen LogP contribution in [0.4, 0.5) is 5.69 Å². The molecule has 3 rings (SSSR count). The van der Waals surface area contributed by atoms with Crippen LogP contribution in [0.1, 0.15) is 17.2 Å². The maximum Gasteiger partial charge on any atom is 0.0618 e. The topological polar surface area (TPSA) is 21.3 Å². The van der Waals surface area contributed by atoms with Crippen LogP contribution < -0.4 is 5.32 Å². The van der Waals surface area contributed by atoms with Gasteiger partial charge in [-0.05, 0) is 29.7 Å². The third kappa shape index (κ3) is 2.84. The number of fused-ring (bicyclic) bond motifs is 1. The van der Waals surface area contributed by atoms with Gasteiger partial charge in [0.25, 0.3) is 0 Å². The number of nitrogens with one attached hydrogen (secondary N) is 1. The molecule has 0 aliphatic carbocycles. The zero-order valence-corrected chi connectivity index (χ0v) is 12.5. The van der Waals surface area contributed by atoms with Crippen LogP contribution in [0.15, 0.2) is 53.4 Å². The molecule has 0 bridgehead atoms. The SMILES string of the molecule is COCCc1ccccc1NC1CSc2ccccc21. The molecule has 3 heteroatoms. The van der Waals surface area contributed by atoms with E-state index in [1.807, 2.05) is 11.8 Å². The Balaban J connectivity index is 1.79. The predicted octanol–water partition coefficient (Wildman–Crippen LogP) is 4.13. The van der Waals surface area contributed by atoms with Crippen molar-refractivity contribution in [3.8, 4) is 0 Å². The van der Waals surface area contributed by atoms with Crippen LogP contribution in [0.2, 0.25) is 0 Å². The largest absolute Gasteiger partial charge is 0.384 e. The molecular formula is C17H19NOS. The molecule has 0 radical (unpaired) electrons. The van der Waals surface area contributed by atoms with Gasteiger partial charge in [-0.25, -0.2) is 0 Å². The lowest BCUT2D eigenvalue weighted by atomic mass is 10.1. The molecule has 1 atom stereocenters. The number of anilines is 1. The van der Waals surface area contributed by atoms with E-state index in [-0.39, 0.29) is 0 Å². The van der Waals surface area contributed by atoms with Gasteiger partial charge in [-0.3, -0.25) is 0 Å². The van der Waals surface area contributed by atoms with Gasteiger partial charge in [0.1, 0.15) is 0 Å². The summed E-state index contributed by atoms with van der Waals surface area (Å²) < 4.78 is 5.20. The Kier molecular flexibility index (Phi) is 4.28. The van der Waals surface area contributed by atoms with Crippen molar-refractivity contribution >= 4 is 17.4 Å². The lowest BCUT2D eigenvalue weighted by Crippen LogP contribution is -2.11. The van der Waals surface area contributed by atoms with Crippen molar-refractivity contribution in [2.45, 2.75) is 17.4 Å². The molecule has 20 heavy (non-hydrogen) atoms. The van der Waals surface area contributed by atoms with E-state index in [1.54, 1.807) is 7.11 Å². The van der Waals surface area contributed by atoms with Crippen molar-refractivity contribution in [3.05, 3.63) is 59.7 Å². The number of para-hydroxylation sites is 1. The minimum Gasteiger partial charge on any atom is -0.384 e. The van der Waals surface area contributed by atoms with Crippen molar-refractivity contribution in [2.24, 2.45) is 0 Å². The highest BCUT2D eigenvalue weighted by molar-refractivity contribution is 7.99. The number of rotatable bonds is 5. The normalized spacial score (nSPS) is 16.9. The summed E-state index contributed by atoms with van der Waals surface area (Å²) in [5.74, 6) is 1.10. The van der Waals surface area contributed by atoms with Crippen molar-refractivity contribution in [3.63, 3.8) is 0 Å². The molecule has 2 nitrogen and oxygen atoms in total. The predicted molar refractivity (Wildman–Crippen MR) is 85.6 cm³/mol. The fourth-order valence-corrected chi connectivity index (χ4v) is 3.72. The van der Waals surface area contributed by atoms with Gasteiger partial charge in [-0.15, -0.1) is 11.8 Å². The second kappa shape index (κ2) is 6.33. The summed E-state index contributed by atoms with van der Waals surface area (Å²) in [7, 11) is 1.75. The third-order valence-corrected chi connectivity index (χ3v) is 4.81. The zero-order valence-electron chi connectivity index (χ0n) is 11.6. The van der Waals surface area contributed by atoms with Crippen LogP contribution in [-0.2, 0) is 11.2 Å². The molecule has 1 aliphatic rings. The van der Waals surface area contributed by atoms with Crippen LogP contribution in [0, 0.1) is 0 Å². The average Bonchev–Trinajstić information content (AvgIpc) is 2.90. The molecular weight excluding hydrogens is 266 g/mol. The second-order valence-corrected chi connectivity index (χ2v) is 6.01. The summed E-state index contributed by atoms with van der Waals surface area (Å²) >= 11 is 1.93. The highest BCUT2D eigenvalue weighted by atomic mass is 32.2. The van der Waals surface area contributed by atoms with Crippen LogP contribution in [0.5, 0.6) is 0 Å². The highest BCUT2D eigenvalue weighted by Crippen LogP contribution is 2.39. The van der Waals surface area contributed by atoms with E-state index in [1.165, 1.54) is 21.7 Å². The number of hydrogen-bond donors (Lipinski definition) is 1. The molecule has 0 aromatic heterocycles. The van der Waals surface area contributed by atoms with Gasteiger partial charge in [0.2, 0.25) is 0 Å². The molecule has 1 N–H and O–H groups in total. The lowest BCUT2D eigenvalue weighted by molar-refractivity contribution is 0.202. The van der Waals surface area contributed by atoms with Gasteiger partial charge < -0.3 is 10.1 Å². The first kappa shape index (κ1) is 13.5. The fraction of sp³-hybridized carbons (Fsp3) is 0.294. The molecule has 1 heterocycles. The number of methoxy groups -OCH3 is 1. The smallest absolute Gasteiger partial charge is 0.0618 e. The van der Waals surface area contributed by atoms with Gasteiger partial charge in [0.05, 0.1) is 12.6 Å². The quantitative estimate of drug-likeness (QED) is 0.892. The first-order chi connectivity index (χ1) is 9.88. The minimum absolute atomic E-state index is 0.403. The van der Waals surface area contributed by atoms with Crippen LogP contribution in [-0.4, -0.2) is 19.5 Å². The Morgan fingerprint density at radius 1 is 1.15 bits per heavy atom. The molecule has 2 aromatic carbocycles. The highest BCUT2D eigenvalue weighted by Gasteiger charge is 2.22. The number of hydrogen-bond acceptors (Lipinski definition) is 3. The third-order valence-electron chi connectivity index (χ3n) is 3.62. The summed E-state index contributed by atoms with van der Waals surface area (Å²) in [6, 6.07) is 17.6. The summed E-state index contributed by atoms with van der Waals surface area (Å²) in [4.78, 5) is 1.40. The molecule has 1 aliphatic heterocycles. The van der Waals surface area contributed by atoms with Gasteiger partial charge in [0.15, 0.2) is 0 Å². The van der Waals surface area contributed by atoms with E-state index in [4.69, 9.17) is 4.74 Å². The second-order valence-electron chi connectivity index (χ2n) is 4.95. The molecule has 0 saturated heterocycles. The van der Waals surface area contributed by atoms with Crippen molar-refractivity contribution in [1.29, 1.82) is 0 Å². The average molecular weight is 285 g/mol. The van der Waals surface area contributed by atoms with E-state index >= 15 is 0 Å². The summed E-state index contributed by atoms with van der Waals surface area (Å²) in [5.41, 5.74) is 3.97. The first-order valence-corrected chi connectivity index (χ1v) is 7.92. The number of thioether (sulfide) groups is 1. The van der Waals surface area contributed by atoms with Crippen molar-refractivity contribution < 1.29 is 4.74 Å².